The SMILES string of the molecule is CN1CCCN(C(=O)C2CCN(C(=O)c3ccc(Cl)cc3)CC2)c2nc3ccccc3nc21. The van der Waals surface area contributed by atoms with E-state index in [1.165, 1.54) is 0 Å². The second-order valence-corrected chi connectivity index (χ2v) is 9.13. The van der Waals surface area contributed by atoms with Gasteiger partial charge in [-0.15, -0.1) is 0 Å². The monoisotopic (exact) mass is 463 g/mol. The van der Waals surface area contributed by atoms with Gasteiger partial charge in [-0.05, 0) is 55.7 Å². The first kappa shape index (κ1) is 21.6. The van der Waals surface area contributed by atoms with E-state index in [2.05, 4.69) is 4.90 Å². The molecule has 0 N–H and O–H groups in total. The van der Waals surface area contributed by atoms with Crippen LogP contribution < -0.4 is 9.80 Å². The van der Waals surface area contributed by atoms with Crippen molar-refractivity contribution in [3.63, 3.8) is 0 Å². The minimum atomic E-state index is -0.135. The van der Waals surface area contributed by atoms with E-state index in [0.717, 1.165) is 29.8 Å². The van der Waals surface area contributed by atoms with Crippen LogP contribution in [-0.4, -0.2) is 59.9 Å². The summed E-state index contributed by atoms with van der Waals surface area (Å²) in [6.07, 6.45) is 2.13. The normalized spacial score (nSPS) is 17.1. The van der Waals surface area contributed by atoms with Gasteiger partial charge in [0.15, 0.2) is 11.6 Å². The zero-order valence-corrected chi connectivity index (χ0v) is 19.3. The van der Waals surface area contributed by atoms with E-state index in [1.54, 1.807) is 24.3 Å². The lowest BCUT2D eigenvalue weighted by Crippen LogP contribution is -2.45. The van der Waals surface area contributed by atoms with Gasteiger partial charge in [-0.3, -0.25) is 14.5 Å². The van der Waals surface area contributed by atoms with Crippen molar-refractivity contribution in [3.05, 3.63) is 59.1 Å². The van der Waals surface area contributed by atoms with Crippen molar-refractivity contribution in [2.75, 3.05) is 43.0 Å². The lowest BCUT2D eigenvalue weighted by molar-refractivity contribution is -0.123. The standard InChI is InChI=1S/C25H26ClN5O2/c1-29-13-4-14-31(23-22(29)27-20-5-2-3-6-21(20)28-23)25(33)18-11-15-30(16-12-18)24(32)17-7-9-19(26)10-8-17/h2-3,5-10,18H,4,11-16H2,1H3. The van der Waals surface area contributed by atoms with Crippen LogP contribution in [0.15, 0.2) is 48.5 Å². The Labute approximate surface area is 198 Å². The summed E-state index contributed by atoms with van der Waals surface area (Å²) in [5.74, 6) is 1.31. The lowest BCUT2D eigenvalue weighted by Gasteiger charge is -2.34. The molecule has 0 aliphatic carbocycles. The summed E-state index contributed by atoms with van der Waals surface area (Å²) in [7, 11) is 2.00. The zero-order valence-electron chi connectivity index (χ0n) is 18.6. The van der Waals surface area contributed by atoms with Crippen molar-refractivity contribution < 1.29 is 9.59 Å². The Hall–Kier alpha value is -3.19. The number of nitrogens with zero attached hydrogens (tertiary/aromatic N) is 5. The highest BCUT2D eigenvalue weighted by molar-refractivity contribution is 6.30. The number of amides is 2. The molecule has 2 aliphatic rings. The number of fused-ring (bicyclic) bond motifs is 2. The predicted octanol–water partition coefficient (Wildman–Crippen LogP) is 4.01. The Morgan fingerprint density at radius 3 is 2.18 bits per heavy atom. The molecule has 0 atom stereocenters. The van der Waals surface area contributed by atoms with E-state index >= 15 is 0 Å². The van der Waals surface area contributed by atoms with Gasteiger partial charge in [0, 0.05) is 49.7 Å². The van der Waals surface area contributed by atoms with Crippen molar-refractivity contribution >= 4 is 46.1 Å². The minimum Gasteiger partial charge on any atom is -0.357 e. The molecule has 2 aromatic carbocycles. The average molecular weight is 464 g/mol. The van der Waals surface area contributed by atoms with E-state index in [0.29, 0.717) is 48.9 Å². The molecule has 0 spiro atoms. The van der Waals surface area contributed by atoms with Gasteiger partial charge in [-0.1, -0.05) is 23.7 Å². The van der Waals surface area contributed by atoms with Gasteiger partial charge < -0.3 is 9.80 Å². The molecule has 0 radical (unpaired) electrons. The molecule has 7 nitrogen and oxygen atoms in total. The number of para-hydroxylation sites is 2. The Balaban J connectivity index is 1.34. The average Bonchev–Trinajstić information content (AvgIpc) is 3.01. The summed E-state index contributed by atoms with van der Waals surface area (Å²) in [6, 6.07) is 14.7. The molecular weight excluding hydrogens is 438 g/mol. The van der Waals surface area contributed by atoms with E-state index < -0.39 is 0 Å². The van der Waals surface area contributed by atoms with Crippen LogP contribution in [0.1, 0.15) is 29.6 Å². The Bertz CT molecular complexity index is 1190. The largest absolute Gasteiger partial charge is 0.357 e. The predicted molar refractivity (Wildman–Crippen MR) is 130 cm³/mol. The third kappa shape index (κ3) is 4.25. The van der Waals surface area contributed by atoms with Crippen molar-refractivity contribution in [2.24, 2.45) is 5.92 Å². The highest BCUT2D eigenvalue weighted by Gasteiger charge is 2.34. The fourth-order valence-electron chi connectivity index (χ4n) is 4.64. The number of halogens is 1. The van der Waals surface area contributed by atoms with Crippen LogP contribution in [-0.2, 0) is 4.79 Å². The molecule has 8 heteroatoms. The summed E-state index contributed by atoms with van der Waals surface area (Å²) in [4.78, 5) is 41.8. The number of rotatable bonds is 2. The van der Waals surface area contributed by atoms with Crippen molar-refractivity contribution in [1.29, 1.82) is 0 Å². The van der Waals surface area contributed by atoms with Crippen molar-refractivity contribution in [3.8, 4) is 0 Å². The first-order valence-corrected chi connectivity index (χ1v) is 11.7. The molecule has 170 valence electrons. The fourth-order valence-corrected chi connectivity index (χ4v) is 4.76. The molecule has 1 aromatic heterocycles. The second kappa shape index (κ2) is 8.98. The van der Waals surface area contributed by atoms with Crippen LogP contribution in [0, 0.1) is 5.92 Å². The maximum absolute atomic E-state index is 13.6. The molecule has 0 unspecified atom stereocenters. The molecular formula is C25H26ClN5O2. The van der Waals surface area contributed by atoms with Gasteiger partial charge in [0.2, 0.25) is 5.91 Å². The summed E-state index contributed by atoms with van der Waals surface area (Å²) in [5.41, 5.74) is 2.23. The molecule has 0 saturated carbocycles. The highest BCUT2D eigenvalue weighted by atomic mass is 35.5. The van der Waals surface area contributed by atoms with Gasteiger partial charge in [-0.25, -0.2) is 9.97 Å². The molecule has 3 heterocycles. The lowest BCUT2D eigenvalue weighted by atomic mass is 9.94. The zero-order chi connectivity index (χ0) is 22.9. The van der Waals surface area contributed by atoms with E-state index in [9.17, 15) is 9.59 Å². The van der Waals surface area contributed by atoms with Crippen LogP contribution in [0.4, 0.5) is 11.6 Å². The maximum atomic E-state index is 13.6. The molecule has 1 fully saturated rings. The van der Waals surface area contributed by atoms with Gasteiger partial charge in [-0.2, -0.15) is 0 Å². The Morgan fingerprint density at radius 1 is 0.879 bits per heavy atom. The first-order valence-electron chi connectivity index (χ1n) is 11.4. The van der Waals surface area contributed by atoms with Gasteiger partial charge in [0.25, 0.3) is 5.91 Å². The summed E-state index contributed by atoms with van der Waals surface area (Å²) in [5, 5.41) is 0.607. The van der Waals surface area contributed by atoms with Crippen LogP contribution >= 0.6 is 11.6 Å². The summed E-state index contributed by atoms with van der Waals surface area (Å²) >= 11 is 5.94. The van der Waals surface area contributed by atoms with Crippen molar-refractivity contribution in [1.82, 2.24) is 14.9 Å². The molecule has 0 bridgehead atoms. The van der Waals surface area contributed by atoms with Crippen LogP contribution in [0.25, 0.3) is 11.0 Å². The number of piperidine rings is 1. The van der Waals surface area contributed by atoms with Gasteiger partial charge in [0.05, 0.1) is 11.0 Å². The van der Waals surface area contributed by atoms with Crippen molar-refractivity contribution in [2.45, 2.75) is 19.3 Å². The number of aromatic nitrogens is 2. The Morgan fingerprint density at radius 2 is 1.52 bits per heavy atom. The molecule has 1 saturated heterocycles. The van der Waals surface area contributed by atoms with Crippen LogP contribution in [0.5, 0.6) is 0 Å². The minimum absolute atomic E-state index is 0.0170. The molecule has 33 heavy (non-hydrogen) atoms. The van der Waals surface area contributed by atoms with E-state index in [4.69, 9.17) is 21.6 Å². The summed E-state index contributed by atoms with van der Waals surface area (Å²) in [6.45, 7) is 2.55. The van der Waals surface area contributed by atoms with Crippen LogP contribution in [0.3, 0.4) is 0 Å². The number of hydrogen-bond acceptors (Lipinski definition) is 5. The van der Waals surface area contributed by atoms with Gasteiger partial charge in [0.1, 0.15) is 0 Å². The van der Waals surface area contributed by atoms with Gasteiger partial charge >= 0.3 is 0 Å². The third-order valence-electron chi connectivity index (χ3n) is 6.52. The molecule has 2 amide bonds. The fraction of sp³-hybridized carbons (Fsp3) is 0.360. The van der Waals surface area contributed by atoms with Crippen LogP contribution in [0.2, 0.25) is 5.02 Å². The number of anilines is 2. The highest BCUT2D eigenvalue weighted by Crippen LogP contribution is 2.32. The number of benzene rings is 2. The van der Waals surface area contributed by atoms with E-state index in [-0.39, 0.29) is 17.7 Å². The summed E-state index contributed by atoms with van der Waals surface area (Å²) < 4.78 is 0. The third-order valence-corrected chi connectivity index (χ3v) is 6.77. The Kier molecular flexibility index (Phi) is 5.89. The number of carbonyl (C=O) groups is 2. The smallest absolute Gasteiger partial charge is 0.253 e. The molecule has 2 aliphatic heterocycles. The second-order valence-electron chi connectivity index (χ2n) is 8.70. The number of likely N-dealkylation sites (tertiary alicyclic amines) is 1. The molecule has 3 aromatic rings. The number of hydrogen-bond donors (Lipinski definition) is 0. The van der Waals surface area contributed by atoms with E-state index in [1.807, 2.05) is 41.1 Å². The maximum Gasteiger partial charge on any atom is 0.253 e. The molecule has 5 rings (SSSR count). The topological polar surface area (TPSA) is 69.6 Å². The first-order chi connectivity index (χ1) is 16.0. The number of carbonyl (C=O) groups excluding carboxylic acids is 2. The quantitative estimate of drug-likeness (QED) is 0.574.